The summed E-state index contributed by atoms with van der Waals surface area (Å²) in [4.78, 5) is 25.3. The third-order valence-electron chi connectivity index (χ3n) is 3.30. The topological polar surface area (TPSA) is 49.4 Å². The second-order valence-corrected chi connectivity index (χ2v) is 5.42. The molecule has 5 heteroatoms. The zero-order valence-corrected chi connectivity index (χ0v) is 12.0. The van der Waals surface area contributed by atoms with Crippen molar-refractivity contribution in [2.45, 2.75) is 39.3 Å². The number of carbonyl (C=O) groups excluding carboxylic acids is 2. The first kappa shape index (κ1) is 13.9. The standard InChI is InChI=1S/C14H17ClN2O2/c1-8(2)17-13(18)7-12(14(17)19)16-11-6-4-5-10(15)9(11)3/h4-6,8,12,16H,7H2,1-3H3. The van der Waals surface area contributed by atoms with Crippen molar-refractivity contribution < 1.29 is 9.59 Å². The number of anilines is 1. The van der Waals surface area contributed by atoms with Crippen molar-refractivity contribution in [3.8, 4) is 0 Å². The Morgan fingerprint density at radius 1 is 1.37 bits per heavy atom. The van der Waals surface area contributed by atoms with E-state index >= 15 is 0 Å². The maximum absolute atomic E-state index is 12.2. The summed E-state index contributed by atoms with van der Waals surface area (Å²) in [5.41, 5.74) is 1.68. The van der Waals surface area contributed by atoms with Crippen molar-refractivity contribution in [1.82, 2.24) is 4.90 Å². The highest BCUT2D eigenvalue weighted by Crippen LogP contribution is 2.26. The van der Waals surface area contributed by atoms with Gasteiger partial charge in [0.25, 0.3) is 5.91 Å². The predicted octanol–water partition coefficient (Wildman–Crippen LogP) is 2.60. The molecule has 2 amide bonds. The van der Waals surface area contributed by atoms with Crippen LogP contribution in [-0.4, -0.2) is 28.8 Å². The molecule has 0 aromatic heterocycles. The first-order valence-electron chi connectivity index (χ1n) is 6.29. The molecule has 1 heterocycles. The van der Waals surface area contributed by atoms with Crippen LogP contribution in [-0.2, 0) is 9.59 Å². The summed E-state index contributed by atoms with van der Waals surface area (Å²) in [5, 5.41) is 3.76. The van der Waals surface area contributed by atoms with Crippen LogP contribution in [0.1, 0.15) is 25.8 Å². The fourth-order valence-corrected chi connectivity index (χ4v) is 2.43. The second kappa shape index (κ2) is 5.21. The van der Waals surface area contributed by atoms with Crippen molar-refractivity contribution in [3.05, 3.63) is 28.8 Å². The van der Waals surface area contributed by atoms with Crippen LogP contribution in [0.3, 0.4) is 0 Å². The summed E-state index contributed by atoms with van der Waals surface area (Å²) < 4.78 is 0. The molecule has 1 fully saturated rings. The molecule has 0 bridgehead atoms. The van der Waals surface area contributed by atoms with E-state index in [0.717, 1.165) is 11.3 Å². The largest absolute Gasteiger partial charge is 0.373 e. The first-order valence-corrected chi connectivity index (χ1v) is 6.67. The number of nitrogens with one attached hydrogen (secondary N) is 1. The molecule has 1 unspecified atom stereocenters. The fraction of sp³-hybridized carbons (Fsp3) is 0.429. The quantitative estimate of drug-likeness (QED) is 0.866. The Labute approximate surface area is 117 Å². The molecule has 1 atom stereocenters. The van der Waals surface area contributed by atoms with Crippen LogP contribution in [0.2, 0.25) is 5.02 Å². The Morgan fingerprint density at radius 2 is 2.05 bits per heavy atom. The summed E-state index contributed by atoms with van der Waals surface area (Å²) in [7, 11) is 0. The van der Waals surface area contributed by atoms with Gasteiger partial charge in [-0.2, -0.15) is 0 Å². The molecule has 1 N–H and O–H groups in total. The minimum absolute atomic E-state index is 0.104. The second-order valence-electron chi connectivity index (χ2n) is 5.01. The maximum Gasteiger partial charge on any atom is 0.252 e. The van der Waals surface area contributed by atoms with E-state index in [4.69, 9.17) is 11.6 Å². The van der Waals surface area contributed by atoms with Gasteiger partial charge in [-0.1, -0.05) is 17.7 Å². The Balaban J connectivity index is 2.19. The molecule has 1 aromatic rings. The molecule has 1 aliphatic heterocycles. The fourth-order valence-electron chi connectivity index (χ4n) is 2.26. The lowest BCUT2D eigenvalue weighted by Gasteiger charge is -2.20. The summed E-state index contributed by atoms with van der Waals surface area (Å²) >= 11 is 6.04. The van der Waals surface area contributed by atoms with E-state index in [1.54, 1.807) is 6.07 Å². The number of nitrogens with zero attached hydrogens (tertiary/aromatic N) is 1. The normalized spacial score (nSPS) is 19.4. The average Bonchev–Trinajstić information content (AvgIpc) is 2.60. The lowest BCUT2D eigenvalue weighted by atomic mass is 10.1. The van der Waals surface area contributed by atoms with Crippen molar-refractivity contribution in [2.24, 2.45) is 0 Å². The maximum atomic E-state index is 12.2. The first-order chi connectivity index (χ1) is 8.91. The zero-order chi connectivity index (χ0) is 14.2. The molecule has 1 aliphatic rings. The smallest absolute Gasteiger partial charge is 0.252 e. The Bertz CT molecular complexity index is 528. The van der Waals surface area contributed by atoms with Crippen LogP contribution in [0.5, 0.6) is 0 Å². The van der Waals surface area contributed by atoms with Crippen LogP contribution in [0.25, 0.3) is 0 Å². The lowest BCUT2D eigenvalue weighted by Crippen LogP contribution is -2.39. The zero-order valence-electron chi connectivity index (χ0n) is 11.2. The van der Waals surface area contributed by atoms with Crippen molar-refractivity contribution in [2.75, 3.05) is 5.32 Å². The third-order valence-corrected chi connectivity index (χ3v) is 3.71. The van der Waals surface area contributed by atoms with E-state index in [-0.39, 0.29) is 24.3 Å². The number of imide groups is 1. The van der Waals surface area contributed by atoms with E-state index in [2.05, 4.69) is 5.32 Å². The summed E-state index contributed by atoms with van der Waals surface area (Å²) in [6.07, 6.45) is 0.197. The van der Waals surface area contributed by atoms with Gasteiger partial charge >= 0.3 is 0 Å². The van der Waals surface area contributed by atoms with Crippen LogP contribution in [0, 0.1) is 6.92 Å². The Hall–Kier alpha value is -1.55. The van der Waals surface area contributed by atoms with Gasteiger partial charge in [-0.25, -0.2) is 0 Å². The lowest BCUT2D eigenvalue weighted by molar-refractivity contribution is -0.140. The van der Waals surface area contributed by atoms with Crippen LogP contribution in [0.15, 0.2) is 18.2 Å². The number of halogens is 1. The molecule has 1 saturated heterocycles. The highest BCUT2D eigenvalue weighted by molar-refractivity contribution is 6.31. The molecule has 19 heavy (non-hydrogen) atoms. The summed E-state index contributed by atoms with van der Waals surface area (Å²) in [6.45, 7) is 5.55. The van der Waals surface area contributed by atoms with E-state index in [9.17, 15) is 9.59 Å². The molecule has 1 aromatic carbocycles. The number of carbonyl (C=O) groups is 2. The van der Waals surface area contributed by atoms with Crippen LogP contribution < -0.4 is 5.32 Å². The molecule has 0 saturated carbocycles. The Kier molecular flexibility index (Phi) is 3.80. The number of likely N-dealkylation sites (tertiary alicyclic amines) is 1. The minimum Gasteiger partial charge on any atom is -0.373 e. The van der Waals surface area contributed by atoms with Gasteiger partial charge in [-0.05, 0) is 38.5 Å². The molecule has 0 radical (unpaired) electrons. The van der Waals surface area contributed by atoms with Crippen molar-refractivity contribution in [3.63, 3.8) is 0 Å². The predicted molar refractivity (Wildman–Crippen MR) is 75.2 cm³/mol. The van der Waals surface area contributed by atoms with E-state index in [1.165, 1.54) is 4.90 Å². The molecular weight excluding hydrogens is 264 g/mol. The van der Waals surface area contributed by atoms with Gasteiger partial charge in [-0.3, -0.25) is 14.5 Å². The van der Waals surface area contributed by atoms with Gasteiger partial charge in [0, 0.05) is 16.8 Å². The van der Waals surface area contributed by atoms with E-state index in [0.29, 0.717) is 5.02 Å². The van der Waals surface area contributed by atoms with Gasteiger partial charge in [0.05, 0.1) is 6.42 Å². The highest BCUT2D eigenvalue weighted by Gasteiger charge is 2.39. The summed E-state index contributed by atoms with van der Waals surface area (Å²) in [5.74, 6) is -0.295. The molecule has 102 valence electrons. The minimum atomic E-state index is -0.493. The van der Waals surface area contributed by atoms with Crippen molar-refractivity contribution in [1.29, 1.82) is 0 Å². The molecular formula is C14H17ClN2O2. The SMILES string of the molecule is Cc1c(Cl)cccc1NC1CC(=O)N(C(C)C)C1=O. The monoisotopic (exact) mass is 280 g/mol. The highest BCUT2D eigenvalue weighted by atomic mass is 35.5. The van der Waals surface area contributed by atoms with Gasteiger partial charge < -0.3 is 5.32 Å². The van der Waals surface area contributed by atoms with Crippen LogP contribution in [0.4, 0.5) is 5.69 Å². The van der Waals surface area contributed by atoms with Gasteiger partial charge in [0.2, 0.25) is 5.91 Å². The van der Waals surface area contributed by atoms with Crippen molar-refractivity contribution >= 4 is 29.1 Å². The van der Waals surface area contributed by atoms with Gasteiger partial charge in [-0.15, -0.1) is 0 Å². The number of amides is 2. The molecule has 0 spiro atoms. The Morgan fingerprint density at radius 3 is 2.63 bits per heavy atom. The molecule has 4 nitrogen and oxygen atoms in total. The number of benzene rings is 1. The molecule has 2 rings (SSSR count). The van der Waals surface area contributed by atoms with Gasteiger partial charge in [0.15, 0.2) is 0 Å². The average molecular weight is 281 g/mol. The number of rotatable bonds is 3. The van der Waals surface area contributed by atoms with Crippen LogP contribution >= 0.6 is 11.6 Å². The van der Waals surface area contributed by atoms with E-state index < -0.39 is 6.04 Å². The number of hydrogen-bond acceptors (Lipinski definition) is 3. The number of hydrogen-bond donors (Lipinski definition) is 1. The summed E-state index contributed by atoms with van der Waals surface area (Å²) in [6, 6.07) is 4.87. The van der Waals surface area contributed by atoms with Gasteiger partial charge in [0.1, 0.15) is 6.04 Å². The third kappa shape index (κ3) is 2.59. The molecule has 0 aliphatic carbocycles. The van der Waals surface area contributed by atoms with E-state index in [1.807, 2.05) is 32.9 Å².